The number of thiophene rings is 1. The third kappa shape index (κ3) is 4.84. The predicted molar refractivity (Wildman–Crippen MR) is 135 cm³/mol. The topological polar surface area (TPSA) is 49.9 Å². The van der Waals surface area contributed by atoms with Gasteiger partial charge in [0, 0.05) is 28.0 Å². The molecule has 1 atom stereocenters. The van der Waals surface area contributed by atoms with Crippen LogP contribution in [0, 0.1) is 6.92 Å². The van der Waals surface area contributed by atoms with E-state index in [1.165, 1.54) is 4.88 Å². The Morgan fingerprint density at radius 1 is 1.12 bits per heavy atom. The highest BCUT2D eigenvalue weighted by molar-refractivity contribution is 7.10. The number of ether oxygens (including phenoxy) is 1. The molecule has 0 unspecified atom stereocenters. The second kappa shape index (κ2) is 9.80. The van der Waals surface area contributed by atoms with Gasteiger partial charge in [0.15, 0.2) is 0 Å². The summed E-state index contributed by atoms with van der Waals surface area (Å²) in [5.74, 6) is 0.625. The first-order valence-corrected chi connectivity index (χ1v) is 12.9. The number of carbonyl (C=O) groups excluding carboxylic acids is 2. The van der Waals surface area contributed by atoms with E-state index >= 15 is 0 Å². The van der Waals surface area contributed by atoms with Gasteiger partial charge in [-0.15, -0.1) is 11.3 Å². The Morgan fingerprint density at radius 3 is 2.62 bits per heavy atom. The van der Waals surface area contributed by atoms with Gasteiger partial charge in [-0.05, 0) is 79.1 Å². The lowest BCUT2D eigenvalue weighted by molar-refractivity contribution is -0.135. The molecule has 5 rings (SSSR count). The molecule has 2 heterocycles. The molecule has 7 heteroatoms. The zero-order valence-electron chi connectivity index (χ0n) is 19.1. The lowest BCUT2D eigenvalue weighted by Gasteiger charge is -2.37. The van der Waals surface area contributed by atoms with E-state index in [-0.39, 0.29) is 30.4 Å². The summed E-state index contributed by atoms with van der Waals surface area (Å²) in [4.78, 5) is 31.9. The van der Waals surface area contributed by atoms with E-state index < -0.39 is 0 Å². The van der Waals surface area contributed by atoms with Gasteiger partial charge in [0.2, 0.25) is 5.91 Å². The second-order valence-corrected chi connectivity index (χ2v) is 10.3. The van der Waals surface area contributed by atoms with Crippen LogP contribution in [-0.2, 0) is 11.2 Å². The molecule has 0 spiro atoms. The van der Waals surface area contributed by atoms with Gasteiger partial charge in [-0.2, -0.15) is 0 Å². The minimum Gasteiger partial charge on any atom is -0.491 e. The Kier molecular flexibility index (Phi) is 6.61. The summed E-state index contributed by atoms with van der Waals surface area (Å²) >= 11 is 7.72. The van der Waals surface area contributed by atoms with Gasteiger partial charge in [-0.25, -0.2) is 0 Å². The SMILES string of the molecule is Cc1ccccc1C(=O)N(CC(=O)N1CCc2sccc2[C@@H]1COc1ccc(Cl)cc1)C1CC1. The summed E-state index contributed by atoms with van der Waals surface area (Å²) in [6, 6.07) is 16.9. The molecule has 0 saturated heterocycles. The standard InChI is InChI=1S/C27H27ClN2O3S/c1-18-4-2-3-5-22(18)27(32)30(20-8-9-20)16-26(31)29-14-12-25-23(13-15-34-25)24(29)17-33-21-10-6-19(28)7-11-21/h2-7,10-11,13,15,20,24H,8-9,12,14,16-17H2,1H3/t24-/m0/s1. The van der Waals surface area contributed by atoms with Crippen molar-refractivity contribution in [3.05, 3.63) is 86.6 Å². The molecule has 2 aromatic carbocycles. The van der Waals surface area contributed by atoms with E-state index in [1.54, 1.807) is 28.4 Å². The zero-order valence-corrected chi connectivity index (χ0v) is 20.6. The number of rotatable bonds is 7. The van der Waals surface area contributed by atoms with Gasteiger partial charge >= 0.3 is 0 Å². The Morgan fingerprint density at radius 2 is 1.88 bits per heavy atom. The molecule has 0 radical (unpaired) electrons. The fourth-order valence-corrected chi connectivity index (χ4v) is 5.59. The molecule has 1 aliphatic heterocycles. The van der Waals surface area contributed by atoms with E-state index in [2.05, 4.69) is 11.4 Å². The van der Waals surface area contributed by atoms with Crippen LogP contribution in [0.25, 0.3) is 0 Å². The molecule has 0 N–H and O–H groups in total. The monoisotopic (exact) mass is 494 g/mol. The van der Waals surface area contributed by atoms with Crippen molar-refractivity contribution in [2.75, 3.05) is 19.7 Å². The number of fused-ring (bicyclic) bond motifs is 1. The van der Waals surface area contributed by atoms with Crippen molar-refractivity contribution in [3.63, 3.8) is 0 Å². The highest BCUT2D eigenvalue weighted by Crippen LogP contribution is 2.35. The minimum atomic E-state index is -0.187. The molecule has 0 bridgehead atoms. The van der Waals surface area contributed by atoms with Crippen LogP contribution in [0.4, 0.5) is 0 Å². The Balaban J connectivity index is 1.34. The molecule has 3 aromatic rings. The molecule has 176 valence electrons. The average molecular weight is 495 g/mol. The summed E-state index contributed by atoms with van der Waals surface area (Å²) in [6.07, 6.45) is 2.72. The number of amides is 2. The Bertz CT molecular complexity index is 1190. The summed E-state index contributed by atoms with van der Waals surface area (Å²) in [5, 5.41) is 2.73. The highest BCUT2D eigenvalue weighted by atomic mass is 35.5. The molecular weight excluding hydrogens is 468 g/mol. The van der Waals surface area contributed by atoms with Crippen LogP contribution in [0.15, 0.2) is 60.0 Å². The van der Waals surface area contributed by atoms with Crippen LogP contribution in [-0.4, -0.2) is 47.4 Å². The number of hydrogen-bond acceptors (Lipinski definition) is 4. The molecule has 2 amide bonds. The molecule has 5 nitrogen and oxygen atoms in total. The first-order valence-electron chi connectivity index (χ1n) is 11.6. The van der Waals surface area contributed by atoms with Gasteiger partial charge in [-0.3, -0.25) is 9.59 Å². The van der Waals surface area contributed by atoms with Gasteiger partial charge in [0.25, 0.3) is 5.91 Å². The van der Waals surface area contributed by atoms with Gasteiger partial charge in [0.05, 0.1) is 6.04 Å². The third-order valence-corrected chi connectivity index (χ3v) is 7.81. The first-order chi connectivity index (χ1) is 16.5. The predicted octanol–water partition coefficient (Wildman–Crippen LogP) is 5.52. The molecule has 34 heavy (non-hydrogen) atoms. The summed E-state index contributed by atoms with van der Waals surface area (Å²) < 4.78 is 6.08. The maximum atomic E-state index is 13.6. The first kappa shape index (κ1) is 22.9. The minimum absolute atomic E-state index is 0.0320. The van der Waals surface area contributed by atoms with Crippen molar-refractivity contribution in [2.24, 2.45) is 0 Å². The van der Waals surface area contributed by atoms with E-state index in [0.717, 1.165) is 30.4 Å². The fraction of sp³-hybridized carbons (Fsp3) is 0.333. The van der Waals surface area contributed by atoms with Crippen LogP contribution in [0.5, 0.6) is 5.75 Å². The molecule has 1 fully saturated rings. The maximum absolute atomic E-state index is 13.6. The zero-order chi connectivity index (χ0) is 23.7. The van der Waals surface area contributed by atoms with Crippen molar-refractivity contribution in [1.82, 2.24) is 9.80 Å². The number of hydrogen-bond donors (Lipinski definition) is 0. The lowest BCUT2D eigenvalue weighted by Crippen LogP contribution is -2.48. The van der Waals surface area contributed by atoms with Gasteiger partial charge < -0.3 is 14.5 Å². The quantitative estimate of drug-likeness (QED) is 0.434. The van der Waals surface area contributed by atoms with Crippen molar-refractivity contribution in [1.29, 1.82) is 0 Å². The molecule has 1 aromatic heterocycles. The number of carbonyl (C=O) groups is 2. The van der Waals surface area contributed by atoms with Gasteiger partial charge in [0.1, 0.15) is 18.9 Å². The smallest absolute Gasteiger partial charge is 0.254 e. The third-order valence-electron chi connectivity index (χ3n) is 6.57. The van der Waals surface area contributed by atoms with Crippen LogP contribution in [0.2, 0.25) is 5.02 Å². The number of aryl methyl sites for hydroxylation is 1. The Labute approximate surface area is 208 Å². The summed E-state index contributed by atoms with van der Waals surface area (Å²) in [5.41, 5.74) is 2.74. The van der Waals surface area contributed by atoms with Gasteiger partial charge in [-0.1, -0.05) is 29.8 Å². The van der Waals surface area contributed by atoms with Crippen molar-refractivity contribution in [3.8, 4) is 5.75 Å². The van der Waals surface area contributed by atoms with Crippen LogP contribution >= 0.6 is 22.9 Å². The van der Waals surface area contributed by atoms with E-state index in [4.69, 9.17) is 16.3 Å². The van der Waals surface area contributed by atoms with E-state index in [0.29, 0.717) is 29.5 Å². The normalized spacial score (nSPS) is 17.2. The Hall–Kier alpha value is -2.83. The average Bonchev–Trinajstić information content (AvgIpc) is 3.57. The van der Waals surface area contributed by atoms with Crippen molar-refractivity contribution >= 4 is 34.8 Å². The van der Waals surface area contributed by atoms with Crippen LogP contribution in [0.1, 0.15) is 45.2 Å². The second-order valence-electron chi connectivity index (χ2n) is 8.90. The lowest BCUT2D eigenvalue weighted by atomic mass is 10.00. The molecule has 1 aliphatic carbocycles. The van der Waals surface area contributed by atoms with Crippen molar-refractivity contribution in [2.45, 2.75) is 38.3 Å². The largest absolute Gasteiger partial charge is 0.491 e. The molecule has 1 saturated carbocycles. The van der Waals surface area contributed by atoms with Crippen molar-refractivity contribution < 1.29 is 14.3 Å². The van der Waals surface area contributed by atoms with Crippen LogP contribution in [0.3, 0.4) is 0 Å². The number of benzene rings is 2. The van der Waals surface area contributed by atoms with E-state index in [9.17, 15) is 9.59 Å². The molecule has 2 aliphatic rings. The molecular formula is C27H27ClN2O3S. The van der Waals surface area contributed by atoms with E-state index in [1.807, 2.05) is 48.2 Å². The summed E-state index contributed by atoms with van der Waals surface area (Å²) in [7, 11) is 0. The fourth-order valence-electron chi connectivity index (χ4n) is 4.54. The summed E-state index contributed by atoms with van der Waals surface area (Å²) in [6.45, 7) is 3.01. The number of halogens is 1. The number of nitrogens with zero attached hydrogens (tertiary/aromatic N) is 2. The van der Waals surface area contributed by atoms with Crippen LogP contribution < -0.4 is 4.74 Å². The highest BCUT2D eigenvalue weighted by Gasteiger charge is 2.38. The maximum Gasteiger partial charge on any atom is 0.254 e.